The van der Waals surface area contributed by atoms with Gasteiger partial charge in [-0.15, -0.1) is 0 Å². The zero-order chi connectivity index (χ0) is 11.7. The van der Waals surface area contributed by atoms with Crippen molar-refractivity contribution in [1.29, 1.82) is 0 Å². The van der Waals surface area contributed by atoms with Gasteiger partial charge >= 0.3 is 6.09 Å². The Balaban J connectivity index is 3.47. The quantitative estimate of drug-likeness (QED) is 0.378. The average molecular weight is 231 g/mol. The number of amides is 1. The van der Waals surface area contributed by atoms with Crippen LogP contribution in [-0.2, 0) is 14.0 Å². The van der Waals surface area contributed by atoms with Crippen molar-refractivity contribution in [3.05, 3.63) is 12.2 Å². The van der Waals surface area contributed by atoms with Crippen LogP contribution in [-0.4, -0.2) is 41.5 Å². The third kappa shape index (κ3) is 7.89. The highest BCUT2D eigenvalue weighted by Gasteiger charge is 2.05. The van der Waals surface area contributed by atoms with Gasteiger partial charge in [-0.3, -0.25) is 4.79 Å². The van der Waals surface area contributed by atoms with E-state index in [1.807, 2.05) is 0 Å². The van der Waals surface area contributed by atoms with Crippen molar-refractivity contribution in [1.82, 2.24) is 5.32 Å². The molecule has 0 bridgehead atoms. The van der Waals surface area contributed by atoms with Gasteiger partial charge in [0.25, 0.3) is 0 Å². The number of carbonyl (C=O) groups is 2. The number of hydrogen-bond acceptors (Lipinski definition) is 4. The van der Waals surface area contributed by atoms with Gasteiger partial charge in [-0.25, -0.2) is 4.79 Å². The minimum Gasteiger partial charge on any atom is -0.449 e. The van der Waals surface area contributed by atoms with Crippen molar-refractivity contribution in [2.75, 3.05) is 19.9 Å². The standard InChI is InChI=1S/C9H17NO4Si/c1-7(2)8(11)4-5-14-9(12)10-6-15-13-3/h1,4-6,15H2,2-3H3,(H,10,12). The topological polar surface area (TPSA) is 64.6 Å². The van der Waals surface area contributed by atoms with E-state index in [1.54, 1.807) is 14.0 Å². The third-order valence-corrected chi connectivity index (χ3v) is 2.48. The van der Waals surface area contributed by atoms with Gasteiger partial charge in [0.1, 0.15) is 6.61 Å². The Morgan fingerprint density at radius 1 is 1.47 bits per heavy atom. The van der Waals surface area contributed by atoms with Crippen LogP contribution in [0.4, 0.5) is 4.79 Å². The molecule has 5 nitrogen and oxygen atoms in total. The van der Waals surface area contributed by atoms with Crippen LogP contribution in [0.25, 0.3) is 0 Å². The second-order valence-electron chi connectivity index (χ2n) is 3.01. The van der Waals surface area contributed by atoms with Gasteiger partial charge in [-0.2, -0.15) is 0 Å². The summed E-state index contributed by atoms with van der Waals surface area (Å²) >= 11 is 0. The number of carbonyl (C=O) groups excluding carboxylic acids is 2. The summed E-state index contributed by atoms with van der Waals surface area (Å²) < 4.78 is 9.63. The monoisotopic (exact) mass is 231 g/mol. The van der Waals surface area contributed by atoms with Crippen LogP contribution in [0, 0.1) is 0 Å². The third-order valence-electron chi connectivity index (χ3n) is 1.61. The molecule has 0 aliphatic rings. The van der Waals surface area contributed by atoms with Gasteiger partial charge in [0.15, 0.2) is 15.5 Å². The lowest BCUT2D eigenvalue weighted by atomic mass is 10.2. The molecule has 86 valence electrons. The Labute approximate surface area is 91.8 Å². The van der Waals surface area contributed by atoms with Crippen molar-refractivity contribution >= 4 is 21.6 Å². The Kier molecular flexibility index (Phi) is 7.56. The van der Waals surface area contributed by atoms with Crippen molar-refractivity contribution in [3.8, 4) is 0 Å². The molecule has 0 unspecified atom stereocenters. The zero-order valence-corrected chi connectivity index (χ0v) is 10.6. The summed E-state index contributed by atoms with van der Waals surface area (Å²) in [5, 5.41) is 2.53. The number of Topliss-reactive ketones (excluding diaryl/α,β-unsaturated/α-hetero) is 1. The first-order valence-electron chi connectivity index (χ1n) is 4.66. The number of rotatable bonds is 7. The molecule has 6 heteroatoms. The number of allylic oxidation sites excluding steroid dienone is 1. The van der Waals surface area contributed by atoms with E-state index in [4.69, 9.17) is 9.16 Å². The van der Waals surface area contributed by atoms with Crippen LogP contribution in [0.1, 0.15) is 13.3 Å². The van der Waals surface area contributed by atoms with Gasteiger partial charge < -0.3 is 14.5 Å². The van der Waals surface area contributed by atoms with Gasteiger partial charge in [0, 0.05) is 19.7 Å². The number of nitrogens with one attached hydrogen (secondary N) is 1. The first-order valence-corrected chi connectivity index (χ1v) is 6.24. The molecule has 0 fully saturated rings. The van der Waals surface area contributed by atoms with Crippen molar-refractivity contribution in [2.24, 2.45) is 0 Å². The molecule has 15 heavy (non-hydrogen) atoms. The Bertz CT molecular complexity index is 242. The van der Waals surface area contributed by atoms with E-state index < -0.39 is 15.9 Å². The molecule has 0 saturated heterocycles. The number of hydrogen-bond donors (Lipinski definition) is 1. The van der Waals surface area contributed by atoms with E-state index in [-0.39, 0.29) is 18.8 Å². The zero-order valence-electron chi connectivity index (χ0n) is 9.17. The fourth-order valence-corrected chi connectivity index (χ4v) is 1.27. The molecule has 0 aromatic carbocycles. The van der Waals surface area contributed by atoms with E-state index in [0.717, 1.165) is 0 Å². The van der Waals surface area contributed by atoms with Gasteiger partial charge in [0.2, 0.25) is 0 Å². The second-order valence-corrected chi connectivity index (χ2v) is 4.49. The van der Waals surface area contributed by atoms with E-state index in [1.165, 1.54) is 0 Å². The molecule has 1 N–H and O–H groups in total. The maximum absolute atomic E-state index is 11.1. The van der Waals surface area contributed by atoms with Crippen LogP contribution in [0.2, 0.25) is 0 Å². The highest BCUT2D eigenvalue weighted by atomic mass is 28.2. The average Bonchev–Trinajstić information content (AvgIpc) is 2.18. The Morgan fingerprint density at radius 2 is 2.13 bits per heavy atom. The second kappa shape index (κ2) is 8.19. The lowest BCUT2D eigenvalue weighted by Crippen LogP contribution is -2.29. The fourth-order valence-electron chi connectivity index (χ4n) is 0.756. The normalized spacial score (nSPS) is 10.3. The van der Waals surface area contributed by atoms with Gasteiger partial charge in [-0.05, 0) is 12.5 Å². The number of ether oxygens (including phenoxy) is 1. The lowest BCUT2D eigenvalue weighted by molar-refractivity contribution is -0.116. The van der Waals surface area contributed by atoms with E-state index in [9.17, 15) is 9.59 Å². The maximum atomic E-state index is 11.1. The summed E-state index contributed by atoms with van der Waals surface area (Å²) in [6.45, 7) is 5.22. The number of alkyl carbamates (subject to hydrolysis) is 1. The first kappa shape index (κ1) is 13.9. The molecule has 1 amide bonds. The van der Waals surface area contributed by atoms with Crippen LogP contribution in [0.5, 0.6) is 0 Å². The minimum atomic E-state index is -0.666. The van der Waals surface area contributed by atoms with Gasteiger partial charge in [0.05, 0.1) is 0 Å². The molecule has 0 atom stereocenters. The largest absolute Gasteiger partial charge is 0.449 e. The minimum absolute atomic E-state index is 0.0888. The van der Waals surface area contributed by atoms with Crippen molar-refractivity contribution in [2.45, 2.75) is 13.3 Å². The lowest BCUT2D eigenvalue weighted by Gasteiger charge is -2.05. The molecule has 0 aliphatic heterocycles. The van der Waals surface area contributed by atoms with Crippen molar-refractivity contribution < 1.29 is 18.8 Å². The van der Waals surface area contributed by atoms with E-state index in [2.05, 4.69) is 11.9 Å². The molecule has 0 heterocycles. The molecule has 0 rings (SSSR count). The van der Waals surface area contributed by atoms with Crippen LogP contribution in [0.15, 0.2) is 12.2 Å². The predicted octanol–water partition coefficient (Wildman–Crippen LogP) is -0.0644. The van der Waals surface area contributed by atoms with Crippen molar-refractivity contribution in [3.63, 3.8) is 0 Å². The molecule has 0 spiro atoms. The molecular weight excluding hydrogens is 214 g/mol. The SMILES string of the molecule is C=C(C)C(=O)CCOC(=O)NC[SiH2]OC. The predicted molar refractivity (Wildman–Crippen MR) is 59.3 cm³/mol. The molecule has 0 saturated carbocycles. The number of ketones is 1. The summed E-state index contributed by atoms with van der Waals surface area (Å²) in [7, 11) is 0.936. The summed E-state index contributed by atoms with van der Waals surface area (Å²) in [5.74, 6) is -0.0888. The molecular formula is C9H17NO4Si. The van der Waals surface area contributed by atoms with Crippen LogP contribution in [0.3, 0.4) is 0 Å². The first-order chi connectivity index (χ1) is 7.07. The summed E-state index contributed by atoms with van der Waals surface area (Å²) in [4.78, 5) is 22.0. The molecule has 0 aromatic rings. The van der Waals surface area contributed by atoms with Crippen LogP contribution >= 0.6 is 0 Å². The summed E-state index contributed by atoms with van der Waals surface area (Å²) in [5.41, 5.74) is 0.478. The van der Waals surface area contributed by atoms with E-state index in [0.29, 0.717) is 11.7 Å². The highest BCUT2D eigenvalue weighted by molar-refractivity contribution is 6.27. The Hall–Kier alpha value is -1.14. The van der Waals surface area contributed by atoms with Crippen LogP contribution < -0.4 is 5.32 Å². The summed E-state index contributed by atoms with van der Waals surface area (Å²) in [6.07, 6.45) is 0.211. The van der Waals surface area contributed by atoms with E-state index >= 15 is 0 Å². The molecule has 0 radical (unpaired) electrons. The fraction of sp³-hybridized carbons (Fsp3) is 0.556. The molecule has 0 aliphatic carbocycles. The highest BCUT2D eigenvalue weighted by Crippen LogP contribution is 1.95. The summed E-state index contributed by atoms with van der Waals surface area (Å²) in [6, 6.07) is 0. The smallest absolute Gasteiger partial charge is 0.406 e. The Morgan fingerprint density at radius 3 is 2.67 bits per heavy atom. The maximum Gasteiger partial charge on any atom is 0.406 e. The molecule has 0 aromatic heterocycles. The van der Waals surface area contributed by atoms with Gasteiger partial charge in [-0.1, -0.05) is 6.58 Å².